The summed E-state index contributed by atoms with van der Waals surface area (Å²) in [5.74, 6) is 0.593. The van der Waals surface area contributed by atoms with Crippen LogP contribution in [0.5, 0.6) is 0 Å². The number of hydrogen-bond acceptors (Lipinski definition) is 20. The van der Waals surface area contributed by atoms with Gasteiger partial charge in [0.25, 0.3) is 0 Å². The number of carbonyl (C=O) groups is 1. The number of H-pyrrole nitrogens is 2. The number of rotatable bonds is 10. The molecule has 12 aromatic rings. The second kappa shape index (κ2) is 24.2. The summed E-state index contributed by atoms with van der Waals surface area (Å²) in [6.45, 7) is 13.7. The molecule has 2 aliphatic rings. The van der Waals surface area contributed by atoms with Crippen molar-refractivity contribution in [1.29, 1.82) is 0 Å². The van der Waals surface area contributed by atoms with Crippen LogP contribution in [0.4, 0.5) is 5.95 Å². The first-order valence-corrected chi connectivity index (χ1v) is 27.7. The molecule has 0 saturated carbocycles. The quantitative estimate of drug-likeness (QED) is 0.0567. The van der Waals surface area contributed by atoms with Crippen LogP contribution in [0.25, 0.3) is 89.1 Å². The van der Waals surface area contributed by atoms with E-state index in [1.807, 2.05) is 75.0 Å². The Labute approximate surface area is 493 Å². The third-order valence-electron chi connectivity index (χ3n) is 14.4. The highest BCUT2D eigenvalue weighted by Gasteiger charge is 2.52. The van der Waals surface area contributed by atoms with E-state index in [1.165, 1.54) is 17.8 Å². The molecule has 0 aromatic carbocycles. The lowest BCUT2D eigenvalue weighted by Gasteiger charge is -2.32. The molecule has 12 aromatic heterocycles. The number of nitrogens with zero attached hydrogens (tertiary/aromatic N) is 17. The second-order valence-electron chi connectivity index (χ2n) is 20.4. The van der Waals surface area contributed by atoms with E-state index in [2.05, 4.69) is 70.8 Å². The van der Waals surface area contributed by atoms with E-state index in [0.717, 1.165) is 62.8 Å². The lowest BCUT2D eigenvalue weighted by atomic mass is 9.80. The second-order valence-corrected chi connectivity index (χ2v) is 21.4. The molecule has 0 unspecified atom stereocenters. The van der Waals surface area contributed by atoms with E-state index < -0.39 is 7.12 Å². The minimum atomic E-state index is -0.437. The third kappa shape index (κ3) is 11.7. The number of aromatic nitrogens is 18. The molecule has 0 spiro atoms. The van der Waals surface area contributed by atoms with Gasteiger partial charge in [-0.1, -0.05) is 11.6 Å². The SMILES string of the molecule is CC(=O)n1ccc2cc(B3OC(C)(C)C(C)(C)O3)cnc21.OCCn1cnc2c(-c3cnc4[nH]ccc4c3)nc(Cl)nc21.OCCn1cnc2c(-c3cnc4[nH]ccc4c3)nc(N3CCOCC3)nc21.OCCn1cnc2c(Cl)nc(Cl)nc21. The largest absolute Gasteiger partial charge is 0.496 e. The lowest BCUT2D eigenvalue weighted by molar-refractivity contribution is 0.00578. The first-order valence-electron chi connectivity index (χ1n) is 26.5. The van der Waals surface area contributed by atoms with E-state index in [4.69, 9.17) is 69.0 Å². The number of pyridine rings is 3. The Bertz CT molecular complexity index is 4330. The van der Waals surface area contributed by atoms with E-state index in [9.17, 15) is 9.90 Å². The molecule has 2 saturated heterocycles. The number of hydrogen-bond donors (Lipinski definition) is 5. The van der Waals surface area contributed by atoms with Crippen LogP contribution in [-0.4, -0.2) is 174 Å². The van der Waals surface area contributed by atoms with E-state index >= 15 is 0 Å². The number of carbonyl (C=O) groups excluding carboxylic acids is 1. The van der Waals surface area contributed by atoms with Crippen LogP contribution in [0, 0.1) is 0 Å². The standard InChI is InChI=1S/C18H19N7O2.C15H19BN2O3.C14H11ClN6O.C7H6Cl2N4O/c26-6-3-25-11-21-15-14(13-9-12-1-2-19-16(12)20-10-13)22-18(23-17(15)25)24-4-7-27-8-5-24;1-10(19)18-7-6-11-8-12(9-17-13(11)18)16-20-14(2,3)15(4,5)21-16;15-14-19-10(9-5-8-1-2-16-12(8)17-6-9)11-13(20-14)21(3-4-22)7-18-11;8-5-4-6(12-7(9)11-5)13(1-2-14)3-10-4/h1-2,9-11,26H,3-8H2,(H,19,20);6-9H,1-5H3;1-2,5-7,22H,3-4H2,(H,16,17);3,14H,1-2H2. The number of halogens is 3. The molecular weight excluding hydrogens is 1140 g/mol. The molecule has 14 rings (SSSR count). The highest BCUT2D eigenvalue weighted by Crippen LogP contribution is 2.37. The van der Waals surface area contributed by atoms with Crippen LogP contribution in [0.2, 0.25) is 15.7 Å². The molecule has 0 atom stereocenters. The Morgan fingerprint density at radius 3 is 1.67 bits per heavy atom. The highest BCUT2D eigenvalue weighted by molar-refractivity contribution is 6.62. The van der Waals surface area contributed by atoms with Gasteiger partial charge >= 0.3 is 7.12 Å². The zero-order chi connectivity index (χ0) is 58.9. The van der Waals surface area contributed by atoms with Crippen LogP contribution < -0.4 is 10.4 Å². The summed E-state index contributed by atoms with van der Waals surface area (Å²) in [4.78, 5) is 71.7. The van der Waals surface area contributed by atoms with Crippen LogP contribution in [0.3, 0.4) is 0 Å². The van der Waals surface area contributed by atoms with Gasteiger partial charge in [-0.3, -0.25) is 9.36 Å². The first-order chi connectivity index (χ1) is 40.5. The highest BCUT2D eigenvalue weighted by atomic mass is 35.5. The van der Waals surface area contributed by atoms with Crippen molar-refractivity contribution in [2.45, 2.75) is 65.5 Å². The minimum Gasteiger partial charge on any atom is -0.399 e. The summed E-state index contributed by atoms with van der Waals surface area (Å²) >= 11 is 17.5. The van der Waals surface area contributed by atoms with Crippen LogP contribution in [-0.2, 0) is 33.7 Å². The maximum Gasteiger partial charge on any atom is 0.496 e. The van der Waals surface area contributed by atoms with Gasteiger partial charge in [-0.25, -0.2) is 44.9 Å². The molecule has 14 heterocycles. The fraction of sp³-hybridized carbons (Fsp3) is 0.315. The molecule has 0 amide bonds. The molecule has 84 heavy (non-hydrogen) atoms. The number of aliphatic hydroxyl groups is 3. The van der Waals surface area contributed by atoms with Crippen molar-refractivity contribution in [2.24, 2.45) is 0 Å². The molecule has 30 heteroatoms. The van der Waals surface area contributed by atoms with Gasteiger partial charge in [0, 0.05) is 110 Å². The number of nitrogens with one attached hydrogen (secondary N) is 2. The van der Waals surface area contributed by atoms with Gasteiger partial charge in [0.2, 0.25) is 22.4 Å². The number of ether oxygens (including phenoxy) is 1. The van der Waals surface area contributed by atoms with Crippen LogP contribution in [0.1, 0.15) is 39.4 Å². The molecule has 26 nitrogen and oxygen atoms in total. The van der Waals surface area contributed by atoms with Crippen molar-refractivity contribution in [1.82, 2.24) is 88.0 Å². The maximum atomic E-state index is 11.5. The van der Waals surface area contributed by atoms with Crippen molar-refractivity contribution in [3.63, 3.8) is 0 Å². The number of imidazole rings is 3. The summed E-state index contributed by atoms with van der Waals surface area (Å²) in [6.07, 6.45) is 15.5. The van der Waals surface area contributed by atoms with E-state index in [0.29, 0.717) is 83.6 Å². The summed E-state index contributed by atoms with van der Waals surface area (Å²) in [5.41, 5.74) is 9.16. The molecule has 432 valence electrons. The van der Waals surface area contributed by atoms with Crippen molar-refractivity contribution >= 4 is 126 Å². The molecule has 0 aliphatic carbocycles. The van der Waals surface area contributed by atoms with Gasteiger partial charge in [-0.2, -0.15) is 15.0 Å². The lowest BCUT2D eigenvalue weighted by Crippen LogP contribution is -2.41. The van der Waals surface area contributed by atoms with E-state index in [1.54, 1.807) is 46.6 Å². The Kier molecular flexibility index (Phi) is 16.6. The van der Waals surface area contributed by atoms with Crippen molar-refractivity contribution in [3.8, 4) is 22.5 Å². The minimum absolute atomic E-state index is 0.000714. The number of anilines is 1. The fourth-order valence-electron chi connectivity index (χ4n) is 9.40. The molecule has 5 N–H and O–H groups in total. The average Bonchev–Trinajstić information content (AvgIpc) is 3.39. The summed E-state index contributed by atoms with van der Waals surface area (Å²) in [7, 11) is -0.437. The van der Waals surface area contributed by atoms with Crippen LogP contribution >= 0.6 is 34.8 Å². The predicted molar refractivity (Wildman–Crippen MR) is 317 cm³/mol. The monoisotopic (exact) mass is 1200 g/mol. The summed E-state index contributed by atoms with van der Waals surface area (Å²) in [6, 6.07) is 11.8. The third-order valence-corrected chi connectivity index (χ3v) is 15.0. The molecule has 2 fully saturated rings. The number of aromatic amines is 2. The smallest absolute Gasteiger partial charge is 0.399 e. The van der Waals surface area contributed by atoms with Gasteiger partial charge in [-0.15, -0.1) is 0 Å². The Morgan fingerprint density at radius 1 is 0.607 bits per heavy atom. The van der Waals surface area contributed by atoms with Crippen molar-refractivity contribution < 1.29 is 34.2 Å². The fourth-order valence-corrected chi connectivity index (χ4v) is 9.98. The topological polar surface area (TPSA) is 315 Å². The predicted octanol–water partition coefficient (Wildman–Crippen LogP) is 6.33. The van der Waals surface area contributed by atoms with Gasteiger partial charge in [-0.05, 0) is 87.3 Å². The zero-order valence-corrected chi connectivity index (χ0v) is 48.3. The van der Waals surface area contributed by atoms with Gasteiger partial charge in [0.1, 0.15) is 44.9 Å². The molecule has 2 aliphatic heterocycles. The Balaban J connectivity index is 0.000000120. The van der Waals surface area contributed by atoms with E-state index in [-0.39, 0.29) is 52.7 Å². The first kappa shape index (κ1) is 57.7. The number of aliphatic hydroxyl groups excluding tert-OH is 3. The van der Waals surface area contributed by atoms with Gasteiger partial charge < -0.3 is 57.9 Å². The van der Waals surface area contributed by atoms with Crippen LogP contribution in [0.15, 0.2) is 92.6 Å². The van der Waals surface area contributed by atoms with Crippen molar-refractivity contribution in [3.05, 3.63) is 108 Å². The maximum absolute atomic E-state index is 11.5. The number of fused-ring (bicyclic) bond motifs is 6. The molecule has 0 bridgehead atoms. The Hall–Kier alpha value is -8.12. The zero-order valence-electron chi connectivity index (χ0n) is 46.0. The Morgan fingerprint density at radius 2 is 1.12 bits per heavy atom. The molecular formula is C54H55BCl3N19O7. The molecule has 0 radical (unpaired) electrons. The summed E-state index contributed by atoms with van der Waals surface area (Å²) < 4.78 is 24.3. The number of morpholine rings is 1. The normalized spacial score (nSPS) is 14.8. The van der Waals surface area contributed by atoms with Crippen molar-refractivity contribution in [2.75, 3.05) is 51.0 Å². The van der Waals surface area contributed by atoms with Gasteiger partial charge in [0.05, 0.1) is 63.2 Å². The average molecular weight is 1200 g/mol. The summed E-state index contributed by atoms with van der Waals surface area (Å²) in [5, 5.41) is 30.6. The van der Waals surface area contributed by atoms with Gasteiger partial charge in [0.15, 0.2) is 22.1 Å².